The minimum atomic E-state index is 0.103. The molecule has 1 aromatic heterocycles. The van der Waals surface area contributed by atoms with Gasteiger partial charge in [0.15, 0.2) is 10.8 Å². The lowest BCUT2D eigenvalue weighted by atomic mass is 10.0. The number of halogens is 3. The zero-order chi connectivity index (χ0) is 16.4. The summed E-state index contributed by atoms with van der Waals surface area (Å²) in [6, 6.07) is 17.4. The van der Waals surface area contributed by atoms with Crippen LogP contribution in [0.25, 0.3) is 22.5 Å². The van der Waals surface area contributed by atoms with Crippen molar-refractivity contribution in [1.29, 1.82) is 5.26 Å². The van der Waals surface area contributed by atoms with E-state index in [-0.39, 0.29) is 10.8 Å². The molecule has 6 heteroatoms. The van der Waals surface area contributed by atoms with Gasteiger partial charge in [-0.25, -0.2) is 9.97 Å². The van der Waals surface area contributed by atoms with Gasteiger partial charge in [-0.3, -0.25) is 0 Å². The summed E-state index contributed by atoms with van der Waals surface area (Å²) in [7, 11) is 0. The molecular formula is C17H8Br2ClN3. The molecule has 0 N–H and O–H groups in total. The molecule has 0 fully saturated rings. The molecule has 0 aliphatic carbocycles. The van der Waals surface area contributed by atoms with E-state index in [1.807, 2.05) is 54.6 Å². The first-order valence-electron chi connectivity index (χ1n) is 6.58. The molecule has 0 spiro atoms. The Hall–Kier alpha value is -1.74. The number of hydrogen-bond donors (Lipinski definition) is 0. The van der Waals surface area contributed by atoms with E-state index < -0.39 is 0 Å². The van der Waals surface area contributed by atoms with Crippen LogP contribution in [0.4, 0.5) is 0 Å². The molecule has 112 valence electrons. The predicted octanol–water partition coefficient (Wildman–Crippen LogP) is 5.86. The first kappa shape index (κ1) is 16.1. The lowest BCUT2D eigenvalue weighted by Gasteiger charge is -2.10. The van der Waals surface area contributed by atoms with E-state index in [1.54, 1.807) is 0 Å². The average Bonchev–Trinajstić information content (AvgIpc) is 2.56. The highest BCUT2D eigenvalue weighted by atomic mass is 79.9. The third-order valence-electron chi connectivity index (χ3n) is 3.19. The Labute approximate surface area is 155 Å². The van der Waals surface area contributed by atoms with Gasteiger partial charge in [0.1, 0.15) is 6.07 Å². The molecule has 0 saturated carbocycles. The molecule has 0 bridgehead atoms. The second-order valence-electron chi connectivity index (χ2n) is 4.69. The topological polar surface area (TPSA) is 49.6 Å². The molecule has 0 unspecified atom stereocenters. The van der Waals surface area contributed by atoms with Crippen LogP contribution in [0, 0.1) is 11.3 Å². The fourth-order valence-corrected chi connectivity index (χ4v) is 2.80. The summed E-state index contributed by atoms with van der Waals surface area (Å²) < 4.78 is 1.94. The quantitative estimate of drug-likeness (QED) is 0.492. The Morgan fingerprint density at radius 1 is 0.783 bits per heavy atom. The third kappa shape index (κ3) is 3.45. The van der Waals surface area contributed by atoms with Crippen molar-refractivity contribution in [3.05, 3.63) is 68.3 Å². The normalized spacial score (nSPS) is 10.3. The molecule has 2 aromatic carbocycles. The molecular weight excluding hydrogens is 441 g/mol. The van der Waals surface area contributed by atoms with Crippen molar-refractivity contribution < 1.29 is 0 Å². The number of hydrogen-bond acceptors (Lipinski definition) is 3. The van der Waals surface area contributed by atoms with Gasteiger partial charge >= 0.3 is 0 Å². The van der Waals surface area contributed by atoms with Crippen molar-refractivity contribution in [3.63, 3.8) is 0 Å². The fourth-order valence-electron chi connectivity index (χ4n) is 2.10. The van der Waals surface area contributed by atoms with Crippen molar-refractivity contribution in [2.75, 3.05) is 0 Å². The Kier molecular flexibility index (Phi) is 4.76. The summed E-state index contributed by atoms with van der Waals surface area (Å²) in [4.78, 5) is 8.80. The maximum absolute atomic E-state index is 9.18. The monoisotopic (exact) mass is 447 g/mol. The summed E-state index contributed by atoms with van der Waals surface area (Å²) in [5.41, 5.74) is 3.13. The van der Waals surface area contributed by atoms with Crippen molar-refractivity contribution >= 4 is 43.5 Å². The molecule has 0 aliphatic heterocycles. The van der Waals surface area contributed by atoms with Crippen molar-refractivity contribution in [2.45, 2.75) is 0 Å². The molecule has 1 heterocycles. The highest BCUT2D eigenvalue weighted by Crippen LogP contribution is 2.32. The van der Waals surface area contributed by atoms with Crippen LogP contribution in [-0.2, 0) is 0 Å². The van der Waals surface area contributed by atoms with E-state index >= 15 is 0 Å². The van der Waals surface area contributed by atoms with E-state index in [0.717, 1.165) is 20.1 Å². The van der Waals surface area contributed by atoms with Crippen LogP contribution in [0.5, 0.6) is 0 Å². The van der Waals surface area contributed by atoms with Gasteiger partial charge in [0.25, 0.3) is 0 Å². The summed E-state index contributed by atoms with van der Waals surface area (Å²) in [5.74, 6) is 0. The average molecular weight is 450 g/mol. The number of nitrogens with zero attached hydrogens (tertiary/aromatic N) is 3. The van der Waals surface area contributed by atoms with Crippen molar-refractivity contribution in [3.8, 4) is 28.6 Å². The number of nitriles is 1. The predicted molar refractivity (Wildman–Crippen MR) is 98.0 cm³/mol. The Bertz CT molecular complexity index is 901. The first-order valence-corrected chi connectivity index (χ1v) is 8.54. The maximum Gasteiger partial charge on any atom is 0.178 e. The molecule has 0 saturated heterocycles. The minimum Gasteiger partial charge on any atom is -0.232 e. The van der Waals surface area contributed by atoms with Crippen molar-refractivity contribution in [2.24, 2.45) is 0 Å². The van der Waals surface area contributed by atoms with Crippen LogP contribution in [0.15, 0.2) is 57.5 Å². The lowest BCUT2D eigenvalue weighted by Crippen LogP contribution is -1.98. The molecule has 0 amide bonds. The molecule has 0 aliphatic rings. The molecule has 0 radical (unpaired) electrons. The Morgan fingerprint density at radius 3 is 1.65 bits per heavy atom. The maximum atomic E-state index is 9.18. The van der Waals surface area contributed by atoms with Gasteiger partial charge in [0.2, 0.25) is 0 Å². The largest absolute Gasteiger partial charge is 0.232 e. The zero-order valence-corrected chi connectivity index (χ0v) is 15.5. The molecule has 0 atom stereocenters. The second-order valence-corrected chi connectivity index (χ2v) is 6.88. The number of rotatable bonds is 2. The van der Waals surface area contributed by atoms with Gasteiger partial charge in [-0.2, -0.15) is 5.26 Å². The molecule has 3 rings (SSSR count). The van der Waals surface area contributed by atoms with Gasteiger partial charge < -0.3 is 0 Å². The minimum absolute atomic E-state index is 0.103. The lowest BCUT2D eigenvalue weighted by molar-refractivity contribution is 1.17. The Morgan fingerprint density at radius 2 is 1.22 bits per heavy atom. The molecule has 3 aromatic rings. The van der Waals surface area contributed by atoms with Gasteiger partial charge in [-0.1, -0.05) is 67.7 Å². The summed E-state index contributed by atoms with van der Waals surface area (Å²) in [6.45, 7) is 0. The van der Waals surface area contributed by atoms with Crippen LogP contribution < -0.4 is 0 Å². The van der Waals surface area contributed by atoms with Gasteiger partial charge in [0.05, 0.1) is 11.4 Å². The SMILES string of the molecule is N#Cc1nc(-c2ccc(Br)cc2)c(-c2ccc(Br)cc2)nc1Cl. The molecule has 3 nitrogen and oxygen atoms in total. The van der Waals surface area contributed by atoms with Crippen LogP contribution in [0.3, 0.4) is 0 Å². The number of benzene rings is 2. The first-order chi connectivity index (χ1) is 11.1. The fraction of sp³-hybridized carbons (Fsp3) is 0. The molecule has 23 heavy (non-hydrogen) atoms. The van der Waals surface area contributed by atoms with E-state index in [4.69, 9.17) is 11.6 Å². The van der Waals surface area contributed by atoms with E-state index in [9.17, 15) is 5.26 Å². The van der Waals surface area contributed by atoms with E-state index in [0.29, 0.717) is 11.4 Å². The smallest absolute Gasteiger partial charge is 0.178 e. The second kappa shape index (κ2) is 6.79. The van der Waals surface area contributed by atoms with Crippen LogP contribution in [0.2, 0.25) is 5.15 Å². The highest BCUT2D eigenvalue weighted by molar-refractivity contribution is 9.10. The standard InChI is InChI=1S/C17H8Br2ClN3/c18-12-5-1-10(2-6-12)15-16(11-3-7-13(19)8-4-11)23-17(20)14(9-21)22-15/h1-8H. The van der Waals surface area contributed by atoms with E-state index in [2.05, 4.69) is 41.8 Å². The highest BCUT2D eigenvalue weighted by Gasteiger charge is 2.15. The van der Waals surface area contributed by atoms with Gasteiger partial charge in [0, 0.05) is 20.1 Å². The zero-order valence-electron chi connectivity index (χ0n) is 11.6. The van der Waals surface area contributed by atoms with Crippen LogP contribution in [0.1, 0.15) is 5.69 Å². The van der Waals surface area contributed by atoms with Crippen LogP contribution >= 0.6 is 43.5 Å². The third-order valence-corrected chi connectivity index (χ3v) is 4.52. The van der Waals surface area contributed by atoms with Crippen LogP contribution in [-0.4, -0.2) is 9.97 Å². The van der Waals surface area contributed by atoms with Gasteiger partial charge in [-0.15, -0.1) is 0 Å². The Balaban J connectivity index is 2.25. The summed E-state index contributed by atoms with van der Waals surface area (Å²) in [6.07, 6.45) is 0. The number of aromatic nitrogens is 2. The summed E-state index contributed by atoms with van der Waals surface area (Å²) in [5, 5.41) is 9.28. The van der Waals surface area contributed by atoms with Gasteiger partial charge in [-0.05, 0) is 24.3 Å². The van der Waals surface area contributed by atoms with Crippen molar-refractivity contribution in [1.82, 2.24) is 9.97 Å². The summed E-state index contributed by atoms with van der Waals surface area (Å²) >= 11 is 12.9. The van der Waals surface area contributed by atoms with E-state index in [1.165, 1.54) is 0 Å².